The van der Waals surface area contributed by atoms with Gasteiger partial charge in [0.05, 0.1) is 5.69 Å². The fourth-order valence-corrected chi connectivity index (χ4v) is 9.96. The molecule has 9 aromatic carbocycles. The lowest BCUT2D eigenvalue weighted by molar-refractivity contribution is 0.660. The first-order chi connectivity index (χ1) is 28.0. The van der Waals surface area contributed by atoms with Gasteiger partial charge >= 0.3 is 0 Å². The molecule has 1 aromatic heterocycles. The minimum atomic E-state index is -0.109. The van der Waals surface area contributed by atoms with Gasteiger partial charge in [-0.1, -0.05) is 166 Å². The Morgan fingerprint density at radius 2 is 0.912 bits per heavy atom. The molecule has 10 aromatic rings. The van der Waals surface area contributed by atoms with E-state index < -0.39 is 0 Å². The van der Waals surface area contributed by atoms with E-state index in [1.807, 2.05) is 12.1 Å². The van der Waals surface area contributed by atoms with Crippen molar-refractivity contribution in [1.29, 1.82) is 0 Å². The summed E-state index contributed by atoms with van der Waals surface area (Å²) in [5, 5.41) is 4.92. The summed E-state index contributed by atoms with van der Waals surface area (Å²) in [6.45, 7) is 4.70. The van der Waals surface area contributed by atoms with Crippen molar-refractivity contribution in [3.63, 3.8) is 0 Å². The summed E-state index contributed by atoms with van der Waals surface area (Å²) in [6.07, 6.45) is 0. The lowest BCUT2D eigenvalue weighted by Gasteiger charge is -2.29. The van der Waals surface area contributed by atoms with Gasteiger partial charge in [-0.15, -0.1) is 0 Å². The van der Waals surface area contributed by atoms with E-state index in [0.29, 0.717) is 0 Å². The molecule has 12 rings (SSSR count). The molecule has 0 unspecified atom stereocenters. The normalized spacial score (nSPS) is 13.2. The van der Waals surface area contributed by atoms with Crippen LogP contribution in [0.4, 0.5) is 17.1 Å². The second kappa shape index (κ2) is 11.9. The predicted molar refractivity (Wildman–Crippen MR) is 239 cm³/mol. The fourth-order valence-electron chi connectivity index (χ4n) is 9.96. The Morgan fingerprint density at radius 3 is 1.67 bits per heavy atom. The number of hydrogen-bond donors (Lipinski definition) is 0. The van der Waals surface area contributed by atoms with Gasteiger partial charge in [0, 0.05) is 38.7 Å². The average molecular weight is 728 g/mol. The van der Waals surface area contributed by atoms with Gasteiger partial charge in [-0.05, 0) is 103 Å². The van der Waals surface area contributed by atoms with E-state index >= 15 is 0 Å². The summed E-state index contributed by atoms with van der Waals surface area (Å²) in [7, 11) is 0. The van der Waals surface area contributed by atoms with Crippen LogP contribution in [-0.2, 0) is 5.41 Å². The van der Waals surface area contributed by atoms with Crippen molar-refractivity contribution >= 4 is 49.8 Å². The minimum absolute atomic E-state index is 0.109. The van der Waals surface area contributed by atoms with Crippen LogP contribution >= 0.6 is 0 Å². The quantitative estimate of drug-likeness (QED) is 0.175. The summed E-state index contributed by atoms with van der Waals surface area (Å²) in [5.41, 5.74) is 20.4. The first kappa shape index (κ1) is 32.1. The minimum Gasteiger partial charge on any atom is -0.455 e. The van der Waals surface area contributed by atoms with Crippen LogP contribution in [0.15, 0.2) is 192 Å². The second-order valence-electron chi connectivity index (χ2n) is 16.0. The van der Waals surface area contributed by atoms with Crippen LogP contribution in [0, 0.1) is 0 Å². The molecule has 0 bridgehead atoms. The van der Waals surface area contributed by atoms with Gasteiger partial charge in [0.1, 0.15) is 11.2 Å². The van der Waals surface area contributed by atoms with Crippen molar-refractivity contribution in [2.24, 2.45) is 0 Å². The maximum absolute atomic E-state index is 6.45. The maximum Gasteiger partial charge on any atom is 0.143 e. The third-order valence-electron chi connectivity index (χ3n) is 12.7. The van der Waals surface area contributed by atoms with E-state index in [-0.39, 0.29) is 5.41 Å². The van der Waals surface area contributed by atoms with Crippen LogP contribution in [0.5, 0.6) is 0 Å². The van der Waals surface area contributed by atoms with Crippen molar-refractivity contribution < 1.29 is 4.42 Å². The Bertz CT molecular complexity index is 3230. The van der Waals surface area contributed by atoms with E-state index in [1.165, 1.54) is 72.1 Å². The van der Waals surface area contributed by atoms with Gasteiger partial charge < -0.3 is 9.32 Å². The Kier molecular flexibility index (Phi) is 6.72. The smallest absolute Gasteiger partial charge is 0.143 e. The van der Waals surface area contributed by atoms with Gasteiger partial charge in [0.2, 0.25) is 0 Å². The standard InChI is InChI=1S/C55H37NO/c1-55(2)48-20-7-5-15-47(48)53-49(55)21-11-22-50(53)56(37-30-26-35(27-31-37)39-16-9-19-46-42-14-6-8-23-51(42)57-54(39)46)36-28-24-34(25-29-36)38-32-33-45-41-13-4-3-12-40(41)44-18-10-17-43(38)52(44)45/h3-33H,1-2H3. The van der Waals surface area contributed by atoms with E-state index in [9.17, 15) is 0 Å². The highest BCUT2D eigenvalue weighted by Crippen LogP contribution is 2.55. The molecule has 0 spiro atoms. The molecule has 2 nitrogen and oxygen atoms in total. The zero-order valence-corrected chi connectivity index (χ0v) is 31.8. The number of furan rings is 1. The summed E-state index contributed by atoms with van der Waals surface area (Å²) < 4.78 is 6.45. The summed E-state index contributed by atoms with van der Waals surface area (Å²) >= 11 is 0. The van der Waals surface area contributed by atoms with Crippen LogP contribution in [0.3, 0.4) is 0 Å². The van der Waals surface area contributed by atoms with Crippen LogP contribution in [-0.4, -0.2) is 0 Å². The van der Waals surface area contributed by atoms with Gasteiger partial charge in [-0.2, -0.15) is 0 Å². The zero-order valence-electron chi connectivity index (χ0n) is 31.8. The van der Waals surface area contributed by atoms with Crippen molar-refractivity contribution in [3.8, 4) is 55.6 Å². The van der Waals surface area contributed by atoms with Crippen molar-refractivity contribution in [2.75, 3.05) is 4.90 Å². The molecule has 57 heavy (non-hydrogen) atoms. The molecule has 0 saturated carbocycles. The lowest BCUT2D eigenvalue weighted by Crippen LogP contribution is -2.16. The number of anilines is 3. The molecular formula is C55H37NO. The Labute approximate surface area is 331 Å². The second-order valence-corrected chi connectivity index (χ2v) is 16.0. The molecular weight excluding hydrogens is 691 g/mol. The van der Waals surface area contributed by atoms with Crippen LogP contribution in [0.25, 0.3) is 88.3 Å². The topological polar surface area (TPSA) is 16.4 Å². The van der Waals surface area contributed by atoms with E-state index in [4.69, 9.17) is 4.42 Å². The molecule has 2 heteroatoms. The fraction of sp³-hybridized carbons (Fsp3) is 0.0545. The highest BCUT2D eigenvalue weighted by Gasteiger charge is 2.37. The summed E-state index contributed by atoms with van der Waals surface area (Å²) in [4.78, 5) is 2.44. The largest absolute Gasteiger partial charge is 0.455 e. The molecule has 0 atom stereocenters. The average Bonchev–Trinajstić information content (AvgIpc) is 3.89. The third-order valence-corrected chi connectivity index (χ3v) is 12.7. The van der Waals surface area contributed by atoms with E-state index in [2.05, 4.69) is 195 Å². The Morgan fingerprint density at radius 1 is 0.386 bits per heavy atom. The van der Waals surface area contributed by atoms with Gasteiger partial charge in [0.15, 0.2) is 0 Å². The number of rotatable bonds is 5. The molecule has 2 aliphatic rings. The molecule has 0 fully saturated rings. The molecule has 268 valence electrons. The third kappa shape index (κ3) is 4.59. The molecule has 0 saturated heterocycles. The van der Waals surface area contributed by atoms with Crippen LogP contribution in [0.1, 0.15) is 25.0 Å². The molecule has 2 aliphatic carbocycles. The summed E-state index contributed by atoms with van der Waals surface area (Å²) in [6, 6.07) is 68.8. The van der Waals surface area contributed by atoms with E-state index in [0.717, 1.165) is 44.4 Å². The number of benzene rings is 9. The molecule has 0 N–H and O–H groups in total. The number of para-hydroxylation sites is 2. The van der Waals surface area contributed by atoms with Crippen molar-refractivity contribution in [1.82, 2.24) is 0 Å². The monoisotopic (exact) mass is 727 g/mol. The van der Waals surface area contributed by atoms with Gasteiger partial charge in [0.25, 0.3) is 0 Å². The van der Waals surface area contributed by atoms with Crippen LogP contribution < -0.4 is 4.90 Å². The first-order valence-corrected chi connectivity index (χ1v) is 19.8. The van der Waals surface area contributed by atoms with Crippen molar-refractivity contribution in [2.45, 2.75) is 19.3 Å². The van der Waals surface area contributed by atoms with Crippen LogP contribution in [0.2, 0.25) is 0 Å². The zero-order chi connectivity index (χ0) is 37.8. The molecule has 1 heterocycles. The highest BCUT2D eigenvalue weighted by molar-refractivity contribution is 6.18. The van der Waals surface area contributed by atoms with Crippen molar-refractivity contribution in [3.05, 3.63) is 199 Å². The SMILES string of the molecule is CC1(C)c2ccccc2-c2c(N(c3ccc(-c4ccc5c6c(cccc46)-c4ccccc4-5)cc3)c3ccc(-c4cccc5c4oc4ccccc45)cc3)cccc21. The predicted octanol–water partition coefficient (Wildman–Crippen LogP) is 15.5. The van der Waals surface area contributed by atoms with Gasteiger partial charge in [-0.25, -0.2) is 0 Å². The summed E-state index contributed by atoms with van der Waals surface area (Å²) in [5.74, 6) is 0. The lowest BCUT2D eigenvalue weighted by atomic mass is 9.82. The Hall–Kier alpha value is -7.16. The molecule has 0 radical (unpaired) electrons. The number of nitrogens with zero attached hydrogens (tertiary/aromatic N) is 1. The molecule has 0 aliphatic heterocycles. The Balaban J connectivity index is 1.01. The number of hydrogen-bond acceptors (Lipinski definition) is 2. The molecule has 0 amide bonds. The number of fused-ring (bicyclic) bond motifs is 9. The van der Waals surface area contributed by atoms with E-state index in [1.54, 1.807) is 0 Å². The maximum atomic E-state index is 6.45. The highest BCUT2D eigenvalue weighted by atomic mass is 16.3. The van der Waals surface area contributed by atoms with Gasteiger partial charge in [-0.3, -0.25) is 0 Å². The first-order valence-electron chi connectivity index (χ1n) is 19.8.